The van der Waals surface area contributed by atoms with E-state index in [0.717, 1.165) is 12.0 Å². The molecule has 0 fully saturated rings. The highest BCUT2D eigenvalue weighted by Gasteiger charge is 2.12. The van der Waals surface area contributed by atoms with Crippen LogP contribution in [0.4, 0.5) is 4.39 Å². The second kappa shape index (κ2) is 7.47. The molecular weight excluding hydrogens is 211 g/mol. The van der Waals surface area contributed by atoms with Crippen LogP contribution >= 0.6 is 0 Å². The van der Waals surface area contributed by atoms with Gasteiger partial charge in [-0.2, -0.15) is 0 Å². The average Bonchev–Trinajstić information content (AvgIpc) is 2.28. The van der Waals surface area contributed by atoms with Crippen LogP contribution < -0.4 is 0 Å². The van der Waals surface area contributed by atoms with Gasteiger partial charge in [0, 0.05) is 5.57 Å². The number of halogens is 1. The van der Waals surface area contributed by atoms with Crippen LogP contribution in [0.25, 0.3) is 0 Å². The third-order valence-corrected chi connectivity index (χ3v) is 3.13. The zero-order chi connectivity index (χ0) is 13.6. The molecule has 0 unspecified atom stereocenters. The molecule has 0 saturated carbocycles. The minimum Gasteiger partial charge on any atom is -0.211 e. The Morgan fingerprint density at radius 2 is 1.59 bits per heavy atom. The molecule has 0 rings (SSSR count). The van der Waals surface area contributed by atoms with E-state index in [1.54, 1.807) is 0 Å². The van der Waals surface area contributed by atoms with E-state index in [1.165, 1.54) is 5.57 Å². The molecule has 0 atom stereocenters. The van der Waals surface area contributed by atoms with Crippen LogP contribution in [0.5, 0.6) is 0 Å². The molecule has 0 saturated heterocycles. The molecule has 0 bridgehead atoms. The molecule has 0 N–H and O–H groups in total. The quantitative estimate of drug-likeness (QED) is 0.511. The lowest BCUT2D eigenvalue weighted by atomic mass is 9.90. The lowest BCUT2D eigenvalue weighted by Gasteiger charge is -2.16. The van der Waals surface area contributed by atoms with Crippen molar-refractivity contribution in [2.24, 2.45) is 11.8 Å². The molecule has 0 amide bonds. The van der Waals surface area contributed by atoms with Gasteiger partial charge in [0.05, 0.1) is 0 Å². The van der Waals surface area contributed by atoms with Crippen LogP contribution in [-0.4, -0.2) is 0 Å². The van der Waals surface area contributed by atoms with Crippen molar-refractivity contribution in [3.05, 3.63) is 35.2 Å². The molecule has 0 aromatic carbocycles. The summed E-state index contributed by atoms with van der Waals surface area (Å²) < 4.78 is 13.9. The molecule has 0 aliphatic heterocycles. The van der Waals surface area contributed by atoms with Gasteiger partial charge >= 0.3 is 0 Å². The molecule has 0 aliphatic carbocycles. The Balaban J connectivity index is 5.45. The normalized spacial score (nSPS) is 14.3. The topological polar surface area (TPSA) is 0 Å². The van der Waals surface area contributed by atoms with Crippen LogP contribution in [0.3, 0.4) is 0 Å². The lowest BCUT2D eigenvalue weighted by molar-refractivity contribution is 0.591. The monoisotopic (exact) mass is 238 g/mol. The molecule has 0 aromatic rings. The smallest absolute Gasteiger partial charge is 0.107 e. The van der Waals surface area contributed by atoms with E-state index in [0.29, 0.717) is 17.9 Å². The summed E-state index contributed by atoms with van der Waals surface area (Å²) in [4.78, 5) is 0. The Kier molecular flexibility index (Phi) is 7.10. The summed E-state index contributed by atoms with van der Waals surface area (Å²) in [5.74, 6) is 0.693. The third-order valence-electron chi connectivity index (χ3n) is 3.13. The Morgan fingerprint density at radius 1 is 1.06 bits per heavy atom. The summed E-state index contributed by atoms with van der Waals surface area (Å²) in [7, 11) is 0. The standard InChI is InChI=1S/C16H27F/c1-8-14(12(5)6)10-15(16(17)9-2)13(7)11(3)4/h10-12H,7-9H2,1-6H3/b14-10+,16-15-. The summed E-state index contributed by atoms with van der Waals surface area (Å²) in [6.45, 7) is 16.4. The molecule has 0 aliphatic rings. The first-order chi connectivity index (χ1) is 7.84. The third kappa shape index (κ3) is 4.89. The molecule has 0 aromatic heterocycles. The fourth-order valence-corrected chi connectivity index (χ4v) is 1.71. The highest BCUT2D eigenvalue weighted by Crippen LogP contribution is 2.28. The fraction of sp³-hybridized carbons (Fsp3) is 0.625. The molecule has 98 valence electrons. The van der Waals surface area contributed by atoms with Crippen LogP contribution in [0.1, 0.15) is 54.4 Å². The summed E-state index contributed by atoms with van der Waals surface area (Å²) in [5.41, 5.74) is 2.90. The fourth-order valence-electron chi connectivity index (χ4n) is 1.71. The van der Waals surface area contributed by atoms with E-state index in [2.05, 4.69) is 41.2 Å². The Morgan fingerprint density at radius 3 is 1.88 bits per heavy atom. The van der Waals surface area contributed by atoms with Crippen molar-refractivity contribution in [1.29, 1.82) is 0 Å². The molecular formula is C16H27F. The van der Waals surface area contributed by atoms with E-state index in [-0.39, 0.29) is 11.7 Å². The second-order valence-corrected chi connectivity index (χ2v) is 5.08. The van der Waals surface area contributed by atoms with E-state index in [4.69, 9.17) is 0 Å². The number of hydrogen-bond donors (Lipinski definition) is 0. The molecule has 1 heteroatoms. The van der Waals surface area contributed by atoms with Crippen molar-refractivity contribution in [3.8, 4) is 0 Å². The van der Waals surface area contributed by atoms with Crippen LogP contribution in [-0.2, 0) is 0 Å². The maximum absolute atomic E-state index is 13.9. The minimum atomic E-state index is -0.0460. The van der Waals surface area contributed by atoms with E-state index < -0.39 is 0 Å². The largest absolute Gasteiger partial charge is 0.211 e. The van der Waals surface area contributed by atoms with Gasteiger partial charge in [-0.15, -0.1) is 0 Å². The molecule has 0 spiro atoms. The van der Waals surface area contributed by atoms with Gasteiger partial charge < -0.3 is 0 Å². The van der Waals surface area contributed by atoms with Gasteiger partial charge in [-0.3, -0.25) is 0 Å². The number of rotatable bonds is 6. The average molecular weight is 238 g/mol. The SMILES string of the molecule is C=C(C(/C=C(\CC)C(C)C)=C(\F)CC)C(C)C. The highest BCUT2D eigenvalue weighted by molar-refractivity contribution is 5.43. The first-order valence-electron chi connectivity index (χ1n) is 6.63. The Bertz CT molecular complexity index is 316. The van der Waals surface area contributed by atoms with Crippen molar-refractivity contribution in [2.75, 3.05) is 0 Å². The summed E-state index contributed by atoms with van der Waals surface area (Å²) in [6.07, 6.45) is 3.40. The van der Waals surface area contributed by atoms with Crippen LogP contribution in [0.15, 0.2) is 35.2 Å². The summed E-state index contributed by atoms with van der Waals surface area (Å²) in [5, 5.41) is 0. The van der Waals surface area contributed by atoms with Gasteiger partial charge in [-0.1, -0.05) is 59.8 Å². The highest BCUT2D eigenvalue weighted by atomic mass is 19.1. The zero-order valence-corrected chi connectivity index (χ0v) is 12.2. The van der Waals surface area contributed by atoms with E-state index in [9.17, 15) is 4.39 Å². The van der Waals surface area contributed by atoms with Gasteiger partial charge in [0.15, 0.2) is 0 Å². The first kappa shape index (κ1) is 16.1. The van der Waals surface area contributed by atoms with Gasteiger partial charge in [-0.05, 0) is 30.3 Å². The zero-order valence-electron chi connectivity index (χ0n) is 12.2. The van der Waals surface area contributed by atoms with Crippen molar-refractivity contribution >= 4 is 0 Å². The Hall–Kier alpha value is -0.850. The molecule has 17 heavy (non-hydrogen) atoms. The molecule has 0 nitrogen and oxygen atoms in total. The maximum Gasteiger partial charge on any atom is 0.107 e. The first-order valence-corrected chi connectivity index (χ1v) is 6.63. The Labute approximate surface area is 106 Å². The molecule has 0 heterocycles. The van der Waals surface area contributed by atoms with Crippen molar-refractivity contribution < 1.29 is 4.39 Å². The summed E-state index contributed by atoms with van der Waals surface area (Å²) in [6, 6.07) is 0. The number of allylic oxidation sites excluding steroid dienone is 5. The van der Waals surface area contributed by atoms with Gasteiger partial charge in [0.2, 0.25) is 0 Å². The van der Waals surface area contributed by atoms with Gasteiger partial charge in [0.25, 0.3) is 0 Å². The maximum atomic E-state index is 13.9. The van der Waals surface area contributed by atoms with Gasteiger partial charge in [-0.25, -0.2) is 4.39 Å². The second-order valence-electron chi connectivity index (χ2n) is 5.08. The summed E-state index contributed by atoms with van der Waals surface area (Å²) >= 11 is 0. The van der Waals surface area contributed by atoms with E-state index >= 15 is 0 Å². The predicted molar refractivity (Wildman–Crippen MR) is 75.6 cm³/mol. The van der Waals surface area contributed by atoms with Gasteiger partial charge in [0.1, 0.15) is 5.83 Å². The van der Waals surface area contributed by atoms with Crippen LogP contribution in [0, 0.1) is 11.8 Å². The predicted octanol–water partition coefficient (Wildman–Crippen LogP) is 5.82. The van der Waals surface area contributed by atoms with E-state index in [1.807, 2.05) is 13.0 Å². The lowest BCUT2D eigenvalue weighted by Crippen LogP contribution is -2.00. The van der Waals surface area contributed by atoms with Crippen LogP contribution in [0.2, 0.25) is 0 Å². The molecule has 0 radical (unpaired) electrons. The minimum absolute atomic E-state index is 0.0460. The van der Waals surface area contributed by atoms with Crippen molar-refractivity contribution in [2.45, 2.75) is 54.4 Å². The van der Waals surface area contributed by atoms with Crippen molar-refractivity contribution in [1.82, 2.24) is 0 Å². The number of hydrogen-bond acceptors (Lipinski definition) is 0. The van der Waals surface area contributed by atoms with Crippen molar-refractivity contribution in [3.63, 3.8) is 0 Å².